The van der Waals surface area contributed by atoms with E-state index < -0.39 is 23.5 Å². The summed E-state index contributed by atoms with van der Waals surface area (Å²) < 4.78 is 5.43. The van der Waals surface area contributed by atoms with E-state index in [1.54, 1.807) is 12.1 Å². The summed E-state index contributed by atoms with van der Waals surface area (Å²) in [6.45, 7) is -0.417. The van der Waals surface area contributed by atoms with Gasteiger partial charge in [0.1, 0.15) is 5.75 Å². The number of carbonyl (C=O) groups is 1. The van der Waals surface area contributed by atoms with E-state index in [1.807, 2.05) is 60.7 Å². The van der Waals surface area contributed by atoms with Crippen LogP contribution in [0.4, 0.5) is 5.69 Å². The zero-order valence-electron chi connectivity index (χ0n) is 17.0. The lowest BCUT2D eigenvalue weighted by Gasteiger charge is -2.22. The van der Waals surface area contributed by atoms with Gasteiger partial charge in [0.25, 0.3) is 5.91 Å². The van der Waals surface area contributed by atoms with E-state index >= 15 is 0 Å². The van der Waals surface area contributed by atoms with Crippen LogP contribution in [-0.2, 0) is 4.79 Å². The first kappa shape index (κ1) is 20.9. The van der Waals surface area contributed by atoms with E-state index in [0.29, 0.717) is 5.56 Å². The molecule has 0 unspecified atom stereocenters. The number of ether oxygens (including phenoxy) is 1. The van der Waals surface area contributed by atoms with Gasteiger partial charge in [0.15, 0.2) is 12.4 Å². The van der Waals surface area contributed by atoms with Gasteiger partial charge in [-0.25, -0.2) is 0 Å². The highest BCUT2D eigenvalue weighted by Gasteiger charge is 2.23. The normalized spacial score (nSPS) is 11.6. The minimum Gasteiger partial charge on any atom is -0.508 e. The maximum absolute atomic E-state index is 12.8. The number of phenols is 1. The first-order chi connectivity index (χ1) is 15.5. The molecule has 0 bridgehead atoms. The van der Waals surface area contributed by atoms with Crippen LogP contribution in [0.1, 0.15) is 17.2 Å². The van der Waals surface area contributed by atoms with E-state index in [9.17, 15) is 20.0 Å². The summed E-state index contributed by atoms with van der Waals surface area (Å²) in [5.41, 5.74) is 1.12. The smallest absolute Gasteiger partial charge is 0.310 e. The quantitative estimate of drug-likeness (QED) is 0.327. The van der Waals surface area contributed by atoms with Gasteiger partial charge in [0, 0.05) is 11.6 Å². The summed E-state index contributed by atoms with van der Waals surface area (Å²) in [4.78, 5) is 23.4. The molecule has 0 saturated carbocycles. The van der Waals surface area contributed by atoms with Crippen molar-refractivity contribution in [3.8, 4) is 11.5 Å². The molecular formula is C25H20N2O5. The highest BCUT2D eigenvalue weighted by Crippen LogP contribution is 2.36. The fourth-order valence-electron chi connectivity index (χ4n) is 3.63. The third kappa shape index (κ3) is 4.37. The fourth-order valence-corrected chi connectivity index (χ4v) is 3.63. The maximum Gasteiger partial charge on any atom is 0.310 e. The highest BCUT2D eigenvalue weighted by atomic mass is 16.6. The zero-order valence-corrected chi connectivity index (χ0v) is 17.0. The molecule has 32 heavy (non-hydrogen) atoms. The summed E-state index contributed by atoms with van der Waals surface area (Å²) in [6, 6.07) is 25.5. The average Bonchev–Trinajstić information content (AvgIpc) is 2.82. The molecule has 1 amide bonds. The van der Waals surface area contributed by atoms with Crippen LogP contribution in [0.25, 0.3) is 10.8 Å². The zero-order chi connectivity index (χ0) is 22.5. The van der Waals surface area contributed by atoms with Gasteiger partial charge in [-0.1, -0.05) is 72.8 Å². The molecule has 0 aromatic heterocycles. The van der Waals surface area contributed by atoms with Crippen molar-refractivity contribution in [1.82, 2.24) is 5.32 Å². The van der Waals surface area contributed by atoms with Gasteiger partial charge < -0.3 is 15.2 Å². The van der Waals surface area contributed by atoms with Gasteiger partial charge in [-0.15, -0.1) is 0 Å². The standard InChI is InChI=1S/C25H20N2O5/c28-21-15-14-17-8-4-5-11-19(17)24(21)25(18-9-2-1-3-10-18)26-23(29)16-32-22-13-7-6-12-20(22)27(30)31/h1-15,25,28H,16H2,(H,26,29)/t25-/m1/s1. The van der Waals surface area contributed by atoms with Gasteiger partial charge in [-0.3, -0.25) is 14.9 Å². The predicted molar refractivity (Wildman–Crippen MR) is 121 cm³/mol. The number of carbonyl (C=O) groups excluding carboxylic acids is 1. The lowest BCUT2D eigenvalue weighted by molar-refractivity contribution is -0.385. The monoisotopic (exact) mass is 428 g/mol. The molecule has 4 aromatic carbocycles. The Kier molecular flexibility index (Phi) is 5.98. The molecule has 7 nitrogen and oxygen atoms in total. The molecule has 4 aromatic rings. The lowest BCUT2D eigenvalue weighted by atomic mass is 9.92. The van der Waals surface area contributed by atoms with Crippen LogP contribution in [-0.4, -0.2) is 22.5 Å². The summed E-state index contributed by atoms with van der Waals surface area (Å²) in [7, 11) is 0. The number of rotatable bonds is 7. The molecule has 1 atom stereocenters. The van der Waals surface area contributed by atoms with Crippen LogP contribution in [0.15, 0.2) is 91.0 Å². The van der Waals surface area contributed by atoms with Crippen molar-refractivity contribution >= 4 is 22.4 Å². The Balaban J connectivity index is 1.65. The second-order valence-electron chi connectivity index (χ2n) is 7.14. The molecule has 160 valence electrons. The van der Waals surface area contributed by atoms with Gasteiger partial charge in [0.2, 0.25) is 0 Å². The van der Waals surface area contributed by atoms with Crippen molar-refractivity contribution in [2.24, 2.45) is 0 Å². The molecule has 0 fully saturated rings. The van der Waals surface area contributed by atoms with Gasteiger partial charge in [-0.05, 0) is 28.5 Å². The van der Waals surface area contributed by atoms with Crippen LogP contribution in [0, 0.1) is 10.1 Å². The summed E-state index contributed by atoms with van der Waals surface area (Å²) in [5.74, 6) is -0.418. The largest absolute Gasteiger partial charge is 0.508 e. The SMILES string of the molecule is O=C(COc1ccccc1[N+](=O)[O-])N[C@H](c1ccccc1)c1c(O)ccc2ccccc12. The number of para-hydroxylation sites is 2. The highest BCUT2D eigenvalue weighted by molar-refractivity contribution is 5.89. The van der Waals surface area contributed by atoms with E-state index in [0.717, 1.165) is 16.3 Å². The number of amides is 1. The van der Waals surface area contributed by atoms with Crippen LogP contribution >= 0.6 is 0 Å². The molecule has 0 aliphatic carbocycles. The number of nitro benzene ring substituents is 1. The topological polar surface area (TPSA) is 102 Å². The van der Waals surface area contributed by atoms with E-state index in [1.165, 1.54) is 18.2 Å². The Morgan fingerprint density at radius 1 is 0.938 bits per heavy atom. The lowest BCUT2D eigenvalue weighted by Crippen LogP contribution is -2.33. The number of nitrogens with zero attached hydrogens (tertiary/aromatic N) is 1. The molecular weight excluding hydrogens is 408 g/mol. The fraction of sp³-hybridized carbons (Fsp3) is 0.0800. The molecule has 2 N–H and O–H groups in total. The third-order valence-electron chi connectivity index (χ3n) is 5.10. The summed E-state index contributed by atoms with van der Waals surface area (Å²) in [6.07, 6.45) is 0. The van der Waals surface area contributed by atoms with Crippen molar-refractivity contribution < 1.29 is 19.6 Å². The maximum atomic E-state index is 12.8. The molecule has 7 heteroatoms. The van der Waals surface area contributed by atoms with Crippen molar-refractivity contribution in [3.05, 3.63) is 112 Å². The number of nitro groups is 1. The van der Waals surface area contributed by atoms with Crippen LogP contribution < -0.4 is 10.1 Å². The first-order valence-electron chi connectivity index (χ1n) is 9.95. The number of fused-ring (bicyclic) bond motifs is 1. The van der Waals surface area contributed by atoms with Gasteiger partial charge >= 0.3 is 5.69 Å². The minimum absolute atomic E-state index is 0.0110. The second-order valence-corrected chi connectivity index (χ2v) is 7.14. The average molecular weight is 428 g/mol. The van der Waals surface area contributed by atoms with E-state index in [-0.39, 0.29) is 17.2 Å². The Labute approximate surface area is 184 Å². The Morgan fingerprint density at radius 3 is 2.41 bits per heavy atom. The van der Waals surface area contributed by atoms with Crippen LogP contribution in [0.2, 0.25) is 0 Å². The summed E-state index contributed by atoms with van der Waals surface area (Å²) in [5, 5.41) is 26.5. The number of hydrogen-bond acceptors (Lipinski definition) is 5. The molecule has 4 rings (SSSR count). The van der Waals surface area contributed by atoms with E-state index in [4.69, 9.17) is 4.74 Å². The number of hydrogen-bond donors (Lipinski definition) is 2. The Morgan fingerprint density at radius 2 is 1.62 bits per heavy atom. The van der Waals surface area contributed by atoms with Crippen LogP contribution in [0.5, 0.6) is 11.5 Å². The molecule has 0 aliphatic heterocycles. The predicted octanol–water partition coefficient (Wildman–Crippen LogP) is 4.74. The Bertz CT molecular complexity index is 1270. The van der Waals surface area contributed by atoms with Gasteiger partial charge in [-0.2, -0.15) is 0 Å². The van der Waals surface area contributed by atoms with E-state index in [2.05, 4.69) is 5.32 Å². The molecule has 0 spiro atoms. The van der Waals surface area contributed by atoms with Crippen molar-refractivity contribution in [2.75, 3.05) is 6.61 Å². The molecule has 0 aliphatic rings. The number of aromatic hydroxyl groups is 1. The minimum atomic E-state index is -0.649. The third-order valence-corrected chi connectivity index (χ3v) is 5.10. The van der Waals surface area contributed by atoms with Gasteiger partial charge in [0.05, 0.1) is 11.0 Å². The Hall–Kier alpha value is -4.39. The number of nitrogens with one attached hydrogen (secondary N) is 1. The molecule has 0 heterocycles. The molecule has 0 radical (unpaired) electrons. The first-order valence-corrected chi connectivity index (χ1v) is 9.95. The van der Waals surface area contributed by atoms with Crippen LogP contribution in [0.3, 0.4) is 0 Å². The van der Waals surface area contributed by atoms with Crippen molar-refractivity contribution in [3.63, 3.8) is 0 Å². The number of benzene rings is 4. The summed E-state index contributed by atoms with van der Waals surface area (Å²) >= 11 is 0. The van der Waals surface area contributed by atoms with Crippen molar-refractivity contribution in [2.45, 2.75) is 6.04 Å². The second kappa shape index (κ2) is 9.18. The number of phenolic OH excluding ortho intramolecular Hbond substituents is 1. The molecule has 0 saturated heterocycles. The van der Waals surface area contributed by atoms with Crippen molar-refractivity contribution in [1.29, 1.82) is 0 Å².